The van der Waals surface area contributed by atoms with Gasteiger partial charge in [0.25, 0.3) is 0 Å². The molecule has 2 aliphatic heterocycles. The average Bonchev–Trinajstić information content (AvgIpc) is 3.77. The predicted molar refractivity (Wildman–Crippen MR) is 184 cm³/mol. The highest BCUT2D eigenvalue weighted by Crippen LogP contribution is 2.40. The van der Waals surface area contributed by atoms with Crippen LogP contribution < -0.4 is 5.32 Å². The number of halogens is 3. The number of nitrogens with one attached hydrogen (secondary N) is 1. The molecular weight excluding hydrogens is 649 g/mol. The van der Waals surface area contributed by atoms with Crippen molar-refractivity contribution in [2.24, 2.45) is 11.8 Å². The van der Waals surface area contributed by atoms with Crippen molar-refractivity contribution in [2.45, 2.75) is 89.4 Å². The fourth-order valence-corrected chi connectivity index (χ4v) is 7.86. The monoisotopic (exact) mass is 702 g/mol. The summed E-state index contributed by atoms with van der Waals surface area (Å²) >= 11 is 0. The second-order valence-electron chi connectivity index (χ2n) is 13.9. The maximum atomic E-state index is 13.7. The number of urea groups is 1. The van der Waals surface area contributed by atoms with E-state index in [1.165, 1.54) is 12.1 Å². The fourth-order valence-electron chi connectivity index (χ4n) is 7.86. The van der Waals surface area contributed by atoms with Crippen LogP contribution >= 0.6 is 0 Å². The Morgan fingerprint density at radius 3 is 2.22 bits per heavy atom. The molecule has 276 valence electrons. The van der Waals surface area contributed by atoms with E-state index in [1.54, 1.807) is 0 Å². The van der Waals surface area contributed by atoms with Gasteiger partial charge in [-0.2, -0.15) is 13.2 Å². The molecule has 3 aliphatic rings. The zero-order valence-electron chi connectivity index (χ0n) is 29.4. The first-order chi connectivity index (χ1) is 24.0. The third-order valence-corrected chi connectivity index (χ3v) is 10.6. The lowest BCUT2D eigenvalue weighted by atomic mass is 9.83. The molecule has 0 spiro atoms. The van der Waals surface area contributed by atoms with Gasteiger partial charge in [0.05, 0.1) is 12.1 Å². The number of alkyl halides is 3. The lowest BCUT2D eigenvalue weighted by molar-refractivity contribution is -0.141. The van der Waals surface area contributed by atoms with Crippen molar-refractivity contribution >= 4 is 11.9 Å². The second-order valence-corrected chi connectivity index (χ2v) is 13.9. The Hall–Kier alpha value is -3.19. The molecule has 2 saturated heterocycles. The molecule has 0 unspecified atom stereocenters. The van der Waals surface area contributed by atoms with E-state index in [2.05, 4.69) is 10.2 Å². The topological polar surface area (TPSA) is 94.6 Å². The van der Waals surface area contributed by atoms with Crippen LogP contribution in [0.25, 0.3) is 0 Å². The zero-order valence-corrected chi connectivity index (χ0v) is 29.4. The number of piperidine rings is 1. The molecule has 2 atom stereocenters. The first kappa shape index (κ1) is 38.1. The van der Waals surface area contributed by atoms with Crippen molar-refractivity contribution in [1.82, 2.24) is 20.0 Å². The molecule has 50 heavy (non-hydrogen) atoms. The van der Waals surface area contributed by atoms with Crippen LogP contribution in [0.2, 0.25) is 0 Å². The van der Waals surface area contributed by atoms with Gasteiger partial charge in [-0.25, -0.2) is 4.79 Å². The van der Waals surface area contributed by atoms with Gasteiger partial charge in [0.15, 0.2) is 6.29 Å². The van der Waals surface area contributed by atoms with E-state index in [9.17, 15) is 27.9 Å². The van der Waals surface area contributed by atoms with Crippen LogP contribution in [0.4, 0.5) is 18.0 Å². The highest BCUT2D eigenvalue weighted by Gasteiger charge is 2.49. The third kappa shape index (κ3) is 9.57. The Bertz CT molecular complexity index is 1360. The van der Waals surface area contributed by atoms with Crippen LogP contribution in [-0.4, -0.2) is 96.6 Å². The highest BCUT2D eigenvalue weighted by atomic mass is 19.4. The number of hydrogen-bond donors (Lipinski definition) is 2. The maximum Gasteiger partial charge on any atom is 0.416 e. The van der Waals surface area contributed by atoms with Crippen molar-refractivity contribution in [3.63, 3.8) is 0 Å². The van der Waals surface area contributed by atoms with Gasteiger partial charge in [-0.3, -0.25) is 4.79 Å². The number of rotatable bonds is 14. The SMILES string of the molecule is CCOC(CCN(C(=O)NCc1ccc(C(F)(F)F)cc1)C1CCN(C[C@H]2CN(C(=O)C3CCCC3)C[C@]2(O)c2ccccc2)CC1)OCC. The van der Waals surface area contributed by atoms with Gasteiger partial charge < -0.3 is 34.6 Å². The van der Waals surface area contributed by atoms with Gasteiger partial charge in [0, 0.05) is 76.8 Å². The Morgan fingerprint density at radius 2 is 1.62 bits per heavy atom. The summed E-state index contributed by atoms with van der Waals surface area (Å²) < 4.78 is 50.6. The minimum absolute atomic E-state index is 0.0472. The van der Waals surface area contributed by atoms with E-state index < -0.39 is 23.6 Å². The predicted octanol–water partition coefficient (Wildman–Crippen LogP) is 6.01. The summed E-state index contributed by atoms with van der Waals surface area (Å²) in [7, 11) is 0. The Kier molecular flexibility index (Phi) is 13.2. The second kappa shape index (κ2) is 17.4. The van der Waals surface area contributed by atoms with Crippen LogP contribution in [0.15, 0.2) is 54.6 Å². The summed E-state index contributed by atoms with van der Waals surface area (Å²) in [6.45, 7) is 8.09. The number of amides is 3. The van der Waals surface area contributed by atoms with Crippen molar-refractivity contribution in [2.75, 3.05) is 52.5 Å². The van der Waals surface area contributed by atoms with E-state index in [4.69, 9.17) is 9.47 Å². The summed E-state index contributed by atoms with van der Waals surface area (Å²) in [6, 6.07) is 14.1. The molecule has 0 radical (unpaired) electrons. The molecule has 3 fully saturated rings. The Morgan fingerprint density at radius 1 is 0.980 bits per heavy atom. The van der Waals surface area contributed by atoms with Crippen molar-refractivity contribution in [3.05, 3.63) is 71.3 Å². The Labute approximate surface area is 294 Å². The van der Waals surface area contributed by atoms with Gasteiger partial charge in [-0.15, -0.1) is 0 Å². The summed E-state index contributed by atoms with van der Waals surface area (Å²) in [4.78, 5) is 33.1. The zero-order chi connectivity index (χ0) is 35.7. The van der Waals surface area contributed by atoms with Crippen LogP contribution in [-0.2, 0) is 32.6 Å². The van der Waals surface area contributed by atoms with Gasteiger partial charge in [-0.1, -0.05) is 55.3 Å². The van der Waals surface area contributed by atoms with Crippen LogP contribution in [0.5, 0.6) is 0 Å². The smallest absolute Gasteiger partial charge is 0.383 e. The van der Waals surface area contributed by atoms with Crippen LogP contribution in [0.1, 0.15) is 75.5 Å². The van der Waals surface area contributed by atoms with Crippen molar-refractivity contribution in [1.29, 1.82) is 0 Å². The molecule has 2 aromatic rings. The first-order valence-corrected chi connectivity index (χ1v) is 18.2. The number of β-amino-alcohol motifs (C(OH)–C–C–N with tert-alkyl or cyclic N) is 1. The van der Waals surface area contributed by atoms with Gasteiger partial charge >= 0.3 is 12.2 Å². The normalized spacial score (nSPS) is 22.4. The molecule has 1 saturated carbocycles. The third-order valence-electron chi connectivity index (χ3n) is 10.6. The standard InChI is InChI=1S/C38H53F3N4O5/c1-3-49-34(50-4-2)20-23-45(36(47)42-24-28-14-16-31(17-15-28)38(39,40)41)33-18-21-43(22-19-33)25-32-26-44(35(46)29-10-8-9-11-29)27-37(32,48)30-12-6-5-7-13-30/h5-7,12-17,29,32-34,48H,3-4,8-11,18-27H2,1-2H3,(H,42,47)/t32-,37-/m0/s1. The molecule has 1 aliphatic carbocycles. The first-order valence-electron chi connectivity index (χ1n) is 18.2. The minimum Gasteiger partial charge on any atom is -0.383 e. The number of ether oxygens (including phenoxy) is 2. The molecule has 2 heterocycles. The largest absolute Gasteiger partial charge is 0.416 e. The van der Waals surface area contributed by atoms with Crippen LogP contribution in [0.3, 0.4) is 0 Å². The molecule has 5 rings (SSSR count). The van der Waals surface area contributed by atoms with E-state index in [0.29, 0.717) is 77.3 Å². The number of aliphatic hydroxyl groups is 1. The van der Waals surface area contributed by atoms with Crippen molar-refractivity contribution < 1.29 is 37.3 Å². The molecule has 3 amide bonds. The number of likely N-dealkylation sites (tertiary alicyclic amines) is 2. The summed E-state index contributed by atoms with van der Waals surface area (Å²) in [5.74, 6) is 0.0486. The summed E-state index contributed by atoms with van der Waals surface area (Å²) in [6.07, 6.45) is 1.01. The van der Waals surface area contributed by atoms with E-state index in [0.717, 1.165) is 43.4 Å². The fraction of sp³-hybridized carbons (Fsp3) is 0.632. The van der Waals surface area contributed by atoms with Gasteiger partial charge in [0.1, 0.15) is 5.60 Å². The van der Waals surface area contributed by atoms with Crippen molar-refractivity contribution in [3.8, 4) is 0 Å². The minimum atomic E-state index is -4.42. The number of benzene rings is 2. The number of carbonyl (C=O) groups is 2. The number of nitrogens with zero attached hydrogens (tertiary/aromatic N) is 3. The highest BCUT2D eigenvalue weighted by molar-refractivity contribution is 5.79. The Balaban J connectivity index is 1.23. The lowest BCUT2D eigenvalue weighted by Gasteiger charge is -2.41. The molecule has 0 aromatic heterocycles. The average molecular weight is 703 g/mol. The quantitative estimate of drug-likeness (QED) is 0.235. The summed E-state index contributed by atoms with van der Waals surface area (Å²) in [5, 5.41) is 15.1. The van der Waals surface area contributed by atoms with Gasteiger partial charge in [0.2, 0.25) is 5.91 Å². The van der Waals surface area contributed by atoms with E-state index >= 15 is 0 Å². The van der Waals surface area contributed by atoms with Crippen LogP contribution in [0, 0.1) is 11.8 Å². The number of hydrogen-bond acceptors (Lipinski definition) is 6. The maximum absolute atomic E-state index is 13.7. The molecular formula is C38H53F3N4O5. The van der Waals surface area contributed by atoms with Gasteiger partial charge in [-0.05, 0) is 62.8 Å². The molecule has 2 N–H and O–H groups in total. The summed E-state index contributed by atoms with van der Waals surface area (Å²) in [5.41, 5.74) is -0.475. The van der Waals surface area contributed by atoms with E-state index in [1.807, 2.05) is 54.0 Å². The molecule has 12 heteroatoms. The van der Waals surface area contributed by atoms with E-state index in [-0.39, 0.29) is 36.4 Å². The number of carbonyl (C=O) groups excluding carboxylic acids is 2. The lowest BCUT2D eigenvalue weighted by Crippen LogP contribution is -2.52. The molecule has 2 aromatic carbocycles. The molecule has 9 nitrogen and oxygen atoms in total. The molecule has 0 bridgehead atoms.